The Morgan fingerprint density at radius 3 is 2.95 bits per heavy atom. The van der Waals surface area contributed by atoms with Gasteiger partial charge in [-0.05, 0) is 25.8 Å². The number of hydrogen-bond donors (Lipinski definition) is 1. The van der Waals surface area contributed by atoms with Crippen LogP contribution in [0.5, 0.6) is 0 Å². The van der Waals surface area contributed by atoms with Gasteiger partial charge in [-0.2, -0.15) is 0 Å². The van der Waals surface area contributed by atoms with Crippen LogP contribution >= 0.6 is 0 Å². The highest BCUT2D eigenvalue weighted by molar-refractivity contribution is 5.36. The molecule has 21 heavy (non-hydrogen) atoms. The Hall–Kier alpha value is -1.94. The number of hydrogen-bond acceptors (Lipinski definition) is 4. The molecule has 0 amide bonds. The van der Waals surface area contributed by atoms with Crippen LogP contribution in [0.3, 0.4) is 0 Å². The predicted molar refractivity (Wildman–Crippen MR) is 85.3 cm³/mol. The number of aryl methyl sites for hydroxylation is 2. The zero-order chi connectivity index (χ0) is 14.7. The van der Waals surface area contributed by atoms with E-state index in [0.29, 0.717) is 6.04 Å². The van der Waals surface area contributed by atoms with Crippen LogP contribution in [0.25, 0.3) is 0 Å². The van der Waals surface area contributed by atoms with E-state index in [-0.39, 0.29) is 0 Å². The van der Waals surface area contributed by atoms with E-state index in [0.717, 1.165) is 37.6 Å². The number of nitrogens with one attached hydrogen (secondary N) is 1. The van der Waals surface area contributed by atoms with Crippen molar-refractivity contribution in [2.24, 2.45) is 0 Å². The van der Waals surface area contributed by atoms with Crippen LogP contribution in [0.2, 0.25) is 0 Å². The van der Waals surface area contributed by atoms with Crippen molar-refractivity contribution < 1.29 is 0 Å². The van der Waals surface area contributed by atoms with Crippen LogP contribution < -0.4 is 5.32 Å². The first-order valence-electron chi connectivity index (χ1n) is 7.52. The van der Waals surface area contributed by atoms with Gasteiger partial charge in [-0.15, -0.1) is 0 Å². The number of aromatic nitrogens is 2. The summed E-state index contributed by atoms with van der Waals surface area (Å²) in [5.74, 6) is 0.935. The van der Waals surface area contributed by atoms with Gasteiger partial charge in [0.25, 0.3) is 0 Å². The lowest BCUT2D eigenvalue weighted by Gasteiger charge is -2.17. The minimum Gasteiger partial charge on any atom is -0.366 e. The Labute approximate surface area is 126 Å². The molecular weight excluding hydrogens is 260 g/mol. The monoisotopic (exact) mass is 282 g/mol. The van der Waals surface area contributed by atoms with Crippen molar-refractivity contribution in [3.8, 4) is 0 Å². The van der Waals surface area contributed by atoms with E-state index in [1.807, 2.05) is 13.0 Å². The van der Waals surface area contributed by atoms with Gasteiger partial charge in [0.2, 0.25) is 0 Å². The molecule has 1 unspecified atom stereocenters. The minimum absolute atomic E-state index is 0.476. The van der Waals surface area contributed by atoms with E-state index < -0.39 is 0 Å². The molecule has 1 atom stereocenters. The number of rotatable bonds is 4. The molecule has 0 bridgehead atoms. The van der Waals surface area contributed by atoms with Crippen molar-refractivity contribution in [1.29, 1.82) is 0 Å². The molecule has 2 aromatic rings. The molecule has 3 rings (SSSR count). The van der Waals surface area contributed by atoms with E-state index in [1.54, 1.807) is 6.33 Å². The average molecular weight is 282 g/mol. The highest BCUT2D eigenvalue weighted by Gasteiger charge is 2.22. The quantitative estimate of drug-likeness (QED) is 0.936. The van der Waals surface area contributed by atoms with Crippen molar-refractivity contribution in [3.05, 3.63) is 53.5 Å². The van der Waals surface area contributed by atoms with E-state index >= 15 is 0 Å². The molecule has 1 saturated heterocycles. The normalized spacial score (nSPS) is 18.9. The Kier molecular flexibility index (Phi) is 4.15. The fraction of sp³-hybridized carbons (Fsp3) is 0.412. The summed E-state index contributed by atoms with van der Waals surface area (Å²) in [5.41, 5.74) is 3.73. The lowest BCUT2D eigenvalue weighted by atomic mass is 10.1. The Bertz CT molecular complexity index is 558. The van der Waals surface area contributed by atoms with Gasteiger partial charge in [0.05, 0.1) is 0 Å². The molecule has 4 nitrogen and oxygen atoms in total. The first kappa shape index (κ1) is 14.0. The molecule has 0 radical (unpaired) electrons. The predicted octanol–water partition coefficient (Wildman–Crippen LogP) is 2.78. The van der Waals surface area contributed by atoms with Gasteiger partial charge >= 0.3 is 0 Å². The standard InChI is InChI=1S/C17H22N4/c1-13-4-3-5-15(8-13)10-21-7-6-16(11-21)20-17-9-14(2)18-12-19-17/h3-5,8-9,12,16H,6-7,10-11H2,1-2H3,(H,18,19,20). The first-order valence-corrected chi connectivity index (χ1v) is 7.52. The van der Waals surface area contributed by atoms with Crippen molar-refractivity contribution >= 4 is 5.82 Å². The lowest BCUT2D eigenvalue weighted by molar-refractivity contribution is 0.328. The third-order valence-electron chi connectivity index (χ3n) is 3.92. The highest BCUT2D eigenvalue weighted by Crippen LogP contribution is 2.17. The maximum atomic E-state index is 4.28. The van der Waals surface area contributed by atoms with E-state index in [1.165, 1.54) is 11.1 Å². The maximum Gasteiger partial charge on any atom is 0.129 e. The van der Waals surface area contributed by atoms with Crippen LogP contribution in [-0.4, -0.2) is 34.0 Å². The van der Waals surface area contributed by atoms with Crippen LogP contribution in [0, 0.1) is 13.8 Å². The Balaban J connectivity index is 1.56. The van der Waals surface area contributed by atoms with Gasteiger partial charge in [-0.3, -0.25) is 4.90 Å². The molecular formula is C17H22N4. The third-order valence-corrected chi connectivity index (χ3v) is 3.92. The van der Waals surface area contributed by atoms with Crippen LogP contribution in [0.4, 0.5) is 5.82 Å². The van der Waals surface area contributed by atoms with E-state index in [2.05, 4.69) is 51.4 Å². The second-order valence-corrected chi connectivity index (χ2v) is 5.90. The topological polar surface area (TPSA) is 41.0 Å². The molecule has 0 aliphatic carbocycles. The first-order chi connectivity index (χ1) is 10.2. The minimum atomic E-state index is 0.476. The van der Waals surface area contributed by atoms with Crippen molar-refractivity contribution in [1.82, 2.24) is 14.9 Å². The number of nitrogens with zero attached hydrogens (tertiary/aromatic N) is 3. The zero-order valence-electron chi connectivity index (χ0n) is 12.7. The summed E-state index contributed by atoms with van der Waals surface area (Å²) in [5, 5.41) is 3.52. The molecule has 1 N–H and O–H groups in total. The van der Waals surface area contributed by atoms with Crippen molar-refractivity contribution in [2.45, 2.75) is 32.9 Å². The van der Waals surface area contributed by atoms with Crippen LogP contribution in [-0.2, 0) is 6.54 Å². The number of likely N-dealkylation sites (tertiary alicyclic amines) is 1. The lowest BCUT2D eigenvalue weighted by Crippen LogP contribution is -2.26. The van der Waals surface area contributed by atoms with Gasteiger partial charge in [0.15, 0.2) is 0 Å². The summed E-state index contributed by atoms with van der Waals surface area (Å²) in [6.07, 6.45) is 2.78. The number of benzene rings is 1. The summed E-state index contributed by atoms with van der Waals surface area (Å²) in [6.45, 7) is 7.37. The fourth-order valence-corrected chi connectivity index (χ4v) is 2.91. The molecule has 1 fully saturated rings. The Morgan fingerprint density at radius 1 is 1.24 bits per heavy atom. The van der Waals surface area contributed by atoms with Gasteiger partial charge in [-0.1, -0.05) is 29.8 Å². The van der Waals surface area contributed by atoms with Crippen LogP contribution in [0.1, 0.15) is 23.2 Å². The molecule has 2 heterocycles. The van der Waals surface area contributed by atoms with E-state index in [9.17, 15) is 0 Å². The molecule has 0 spiro atoms. The van der Waals surface area contributed by atoms with Crippen LogP contribution in [0.15, 0.2) is 36.7 Å². The fourth-order valence-electron chi connectivity index (χ4n) is 2.91. The van der Waals surface area contributed by atoms with Gasteiger partial charge in [-0.25, -0.2) is 9.97 Å². The summed E-state index contributed by atoms with van der Waals surface area (Å²) in [7, 11) is 0. The highest BCUT2D eigenvalue weighted by atomic mass is 15.2. The molecule has 1 aliphatic rings. The molecule has 110 valence electrons. The SMILES string of the molecule is Cc1cccc(CN2CCC(Nc3cc(C)ncn3)C2)c1. The molecule has 1 aromatic heterocycles. The Morgan fingerprint density at radius 2 is 2.14 bits per heavy atom. The largest absolute Gasteiger partial charge is 0.366 e. The van der Waals surface area contributed by atoms with E-state index in [4.69, 9.17) is 0 Å². The van der Waals surface area contributed by atoms with Gasteiger partial charge in [0, 0.05) is 37.4 Å². The maximum absolute atomic E-state index is 4.28. The summed E-state index contributed by atoms with van der Waals surface area (Å²) < 4.78 is 0. The summed E-state index contributed by atoms with van der Waals surface area (Å²) >= 11 is 0. The second kappa shape index (κ2) is 6.22. The van der Waals surface area contributed by atoms with Crippen molar-refractivity contribution in [2.75, 3.05) is 18.4 Å². The molecule has 1 aromatic carbocycles. The number of anilines is 1. The van der Waals surface area contributed by atoms with Crippen molar-refractivity contribution in [3.63, 3.8) is 0 Å². The average Bonchev–Trinajstić information content (AvgIpc) is 2.86. The van der Waals surface area contributed by atoms with Gasteiger partial charge in [0.1, 0.15) is 12.1 Å². The smallest absolute Gasteiger partial charge is 0.129 e. The third kappa shape index (κ3) is 3.79. The molecule has 0 saturated carbocycles. The molecule has 4 heteroatoms. The zero-order valence-corrected chi connectivity index (χ0v) is 12.7. The van der Waals surface area contributed by atoms with Gasteiger partial charge < -0.3 is 5.32 Å². The molecule has 1 aliphatic heterocycles. The summed E-state index contributed by atoms with van der Waals surface area (Å²) in [4.78, 5) is 10.9. The second-order valence-electron chi connectivity index (χ2n) is 5.90. The summed E-state index contributed by atoms with van der Waals surface area (Å²) in [6, 6.07) is 11.2.